The number of aromatic nitrogens is 2. The van der Waals surface area contributed by atoms with Gasteiger partial charge in [-0.05, 0) is 30.2 Å². The van der Waals surface area contributed by atoms with Gasteiger partial charge in [-0.3, -0.25) is 4.79 Å². The van der Waals surface area contributed by atoms with Crippen LogP contribution in [0.1, 0.15) is 24.1 Å². The highest BCUT2D eigenvalue weighted by molar-refractivity contribution is 7.13. The Labute approximate surface area is 161 Å². The maximum Gasteiger partial charge on any atom is 0.230 e. The average molecular weight is 377 g/mol. The molecule has 4 rings (SSSR count). The predicted octanol–water partition coefficient (Wildman–Crippen LogP) is 5.00. The summed E-state index contributed by atoms with van der Waals surface area (Å²) in [6, 6.07) is 13.8. The molecule has 0 saturated heterocycles. The number of hydrogen-bond donors (Lipinski definition) is 1. The van der Waals surface area contributed by atoms with Crippen LogP contribution in [0.4, 0.5) is 5.69 Å². The number of anilines is 1. The van der Waals surface area contributed by atoms with Crippen molar-refractivity contribution in [2.24, 2.45) is 0 Å². The summed E-state index contributed by atoms with van der Waals surface area (Å²) in [5.74, 6) is 0.503. The zero-order valence-electron chi connectivity index (χ0n) is 15.2. The van der Waals surface area contributed by atoms with E-state index in [-0.39, 0.29) is 12.3 Å². The molecule has 0 unspecified atom stereocenters. The number of carbonyl (C=O) groups is 1. The predicted molar refractivity (Wildman–Crippen MR) is 108 cm³/mol. The zero-order valence-corrected chi connectivity index (χ0v) is 16.0. The molecular formula is C21H19N3O2S. The second kappa shape index (κ2) is 7.32. The average Bonchev–Trinajstić information content (AvgIpc) is 3.27. The minimum atomic E-state index is -0.104. The van der Waals surface area contributed by atoms with Gasteiger partial charge in [0, 0.05) is 23.6 Å². The SMILES string of the molecule is CCc1ccc(-c2nc(CC(=O)Nc3ccc4oc(C)nc4c3)cs2)cc1. The number of carbonyl (C=O) groups excluding carboxylic acids is 1. The lowest BCUT2D eigenvalue weighted by Crippen LogP contribution is -2.14. The fourth-order valence-electron chi connectivity index (χ4n) is 2.89. The van der Waals surface area contributed by atoms with Crippen LogP contribution < -0.4 is 5.32 Å². The number of thiazole rings is 1. The van der Waals surface area contributed by atoms with Crippen molar-refractivity contribution < 1.29 is 9.21 Å². The smallest absolute Gasteiger partial charge is 0.230 e. The maximum absolute atomic E-state index is 12.4. The van der Waals surface area contributed by atoms with Crippen molar-refractivity contribution in [3.8, 4) is 10.6 Å². The Morgan fingerprint density at radius 3 is 2.74 bits per heavy atom. The lowest BCUT2D eigenvalue weighted by molar-refractivity contribution is -0.115. The van der Waals surface area contributed by atoms with Gasteiger partial charge in [-0.2, -0.15) is 0 Å². The minimum Gasteiger partial charge on any atom is -0.441 e. The van der Waals surface area contributed by atoms with Crippen LogP contribution in [-0.4, -0.2) is 15.9 Å². The monoisotopic (exact) mass is 377 g/mol. The number of nitrogens with one attached hydrogen (secondary N) is 1. The zero-order chi connectivity index (χ0) is 18.8. The van der Waals surface area contributed by atoms with Crippen molar-refractivity contribution >= 4 is 34.0 Å². The third kappa shape index (κ3) is 3.90. The summed E-state index contributed by atoms with van der Waals surface area (Å²) in [7, 11) is 0. The quantitative estimate of drug-likeness (QED) is 0.531. The van der Waals surface area contributed by atoms with E-state index in [1.165, 1.54) is 5.56 Å². The van der Waals surface area contributed by atoms with Crippen molar-refractivity contribution in [2.75, 3.05) is 5.32 Å². The Hall–Kier alpha value is -2.99. The van der Waals surface area contributed by atoms with Crippen molar-refractivity contribution in [1.82, 2.24) is 9.97 Å². The summed E-state index contributed by atoms with van der Waals surface area (Å²) >= 11 is 1.56. The molecular weight excluding hydrogens is 358 g/mol. The Bertz CT molecular complexity index is 1100. The lowest BCUT2D eigenvalue weighted by atomic mass is 10.1. The molecule has 0 aliphatic carbocycles. The highest BCUT2D eigenvalue weighted by atomic mass is 32.1. The number of oxazole rings is 1. The topological polar surface area (TPSA) is 68.0 Å². The van der Waals surface area contributed by atoms with Crippen molar-refractivity contribution in [3.63, 3.8) is 0 Å². The normalized spacial score (nSPS) is 11.0. The van der Waals surface area contributed by atoms with Crippen LogP contribution in [0.5, 0.6) is 0 Å². The third-order valence-corrected chi connectivity index (χ3v) is 5.22. The van der Waals surface area contributed by atoms with Crippen molar-refractivity contribution in [1.29, 1.82) is 0 Å². The van der Waals surface area contributed by atoms with Crippen LogP contribution in [0.25, 0.3) is 21.7 Å². The first-order valence-corrected chi connectivity index (χ1v) is 9.69. The molecule has 5 nitrogen and oxygen atoms in total. The summed E-state index contributed by atoms with van der Waals surface area (Å²) in [4.78, 5) is 21.2. The molecule has 6 heteroatoms. The van der Waals surface area contributed by atoms with Gasteiger partial charge in [0.1, 0.15) is 10.5 Å². The van der Waals surface area contributed by atoms with Crippen molar-refractivity contribution in [3.05, 3.63) is 65.0 Å². The van der Waals surface area contributed by atoms with Crippen LogP contribution in [-0.2, 0) is 17.6 Å². The second-order valence-electron chi connectivity index (χ2n) is 6.33. The Morgan fingerprint density at radius 1 is 1.15 bits per heavy atom. The molecule has 0 bridgehead atoms. The van der Waals surface area contributed by atoms with Crippen LogP contribution in [0.3, 0.4) is 0 Å². The van der Waals surface area contributed by atoms with E-state index in [2.05, 4.69) is 46.5 Å². The second-order valence-corrected chi connectivity index (χ2v) is 7.19. The molecule has 0 aliphatic heterocycles. The highest BCUT2D eigenvalue weighted by Crippen LogP contribution is 2.25. The van der Waals surface area contributed by atoms with E-state index in [0.29, 0.717) is 17.2 Å². The fraction of sp³-hybridized carbons (Fsp3) is 0.190. The molecule has 2 heterocycles. The van der Waals surface area contributed by atoms with Crippen LogP contribution in [0.2, 0.25) is 0 Å². The van der Waals surface area contributed by atoms with Gasteiger partial charge >= 0.3 is 0 Å². The molecule has 2 aromatic carbocycles. The Kier molecular flexibility index (Phi) is 4.73. The molecule has 2 aromatic heterocycles. The van der Waals surface area contributed by atoms with Crippen molar-refractivity contribution in [2.45, 2.75) is 26.7 Å². The van der Waals surface area contributed by atoms with E-state index < -0.39 is 0 Å². The highest BCUT2D eigenvalue weighted by Gasteiger charge is 2.11. The molecule has 136 valence electrons. The Morgan fingerprint density at radius 2 is 1.96 bits per heavy atom. The van der Waals surface area contributed by atoms with E-state index in [1.807, 2.05) is 23.6 Å². The summed E-state index contributed by atoms with van der Waals surface area (Å²) in [6.07, 6.45) is 1.25. The van der Waals surface area contributed by atoms with Gasteiger partial charge in [-0.25, -0.2) is 9.97 Å². The van der Waals surface area contributed by atoms with Gasteiger partial charge in [0.05, 0.1) is 12.1 Å². The number of aryl methyl sites for hydroxylation is 2. The van der Waals surface area contributed by atoms with Gasteiger partial charge < -0.3 is 9.73 Å². The molecule has 27 heavy (non-hydrogen) atoms. The molecule has 4 aromatic rings. The molecule has 0 fully saturated rings. The first-order chi connectivity index (χ1) is 13.1. The molecule has 0 aliphatic rings. The fourth-order valence-corrected chi connectivity index (χ4v) is 3.72. The number of nitrogens with zero attached hydrogens (tertiary/aromatic N) is 2. The minimum absolute atomic E-state index is 0.104. The molecule has 0 spiro atoms. The van der Waals surface area contributed by atoms with Crippen LogP contribution >= 0.6 is 11.3 Å². The first-order valence-electron chi connectivity index (χ1n) is 8.81. The molecule has 1 amide bonds. The van der Waals surface area contributed by atoms with Gasteiger partial charge in [0.2, 0.25) is 5.91 Å². The van der Waals surface area contributed by atoms with Crippen LogP contribution in [0, 0.1) is 6.92 Å². The summed E-state index contributed by atoms with van der Waals surface area (Å²) in [6.45, 7) is 3.94. The molecule has 0 saturated carbocycles. The number of amides is 1. The van der Waals surface area contributed by atoms with Gasteiger partial charge in [0.25, 0.3) is 0 Å². The van der Waals surface area contributed by atoms with Gasteiger partial charge in [-0.1, -0.05) is 31.2 Å². The number of benzene rings is 2. The maximum atomic E-state index is 12.4. The standard InChI is InChI=1S/C21H19N3O2S/c1-3-14-4-6-15(7-5-14)21-24-17(12-27-21)11-20(25)23-16-8-9-19-18(10-16)22-13(2)26-19/h4-10,12H,3,11H2,1-2H3,(H,23,25). The number of hydrogen-bond acceptors (Lipinski definition) is 5. The Balaban J connectivity index is 1.43. The van der Waals surface area contributed by atoms with Gasteiger partial charge in [0.15, 0.2) is 11.5 Å². The third-order valence-electron chi connectivity index (χ3n) is 4.28. The van der Waals surface area contributed by atoms with E-state index in [0.717, 1.165) is 28.2 Å². The van der Waals surface area contributed by atoms with E-state index in [1.54, 1.807) is 18.3 Å². The summed E-state index contributed by atoms with van der Waals surface area (Å²) < 4.78 is 5.45. The lowest BCUT2D eigenvalue weighted by Gasteiger charge is -2.03. The molecule has 1 N–H and O–H groups in total. The molecule has 0 radical (unpaired) electrons. The number of fused-ring (bicyclic) bond motifs is 1. The first kappa shape index (κ1) is 17.4. The number of rotatable bonds is 5. The summed E-state index contributed by atoms with van der Waals surface area (Å²) in [5.41, 5.74) is 5.29. The molecule has 0 atom stereocenters. The van der Waals surface area contributed by atoms with E-state index >= 15 is 0 Å². The van der Waals surface area contributed by atoms with E-state index in [9.17, 15) is 4.79 Å². The van der Waals surface area contributed by atoms with E-state index in [4.69, 9.17) is 4.42 Å². The van der Waals surface area contributed by atoms with Crippen LogP contribution in [0.15, 0.2) is 52.3 Å². The summed E-state index contributed by atoms with van der Waals surface area (Å²) in [5, 5.41) is 5.77. The largest absolute Gasteiger partial charge is 0.441 e. The van der Waals surface area contributed by atoms with Gasteiger partial charge in [-0.15, -0.1) is 11.3 Å².